The summed E-state index contributed by atoms with van der Waals surface area (Å²) >= 11 is 3.38. The normalized spacial score (nSPS) is 12.7. The van der Waals surface area contributed by atoms with Crippen molar-refractivity contribution in [3.05, 3.63) is 34.0 Å². The lowest BCUT2D eigenvalue weighted by molar-refractivity contribution is 0.112. The molecule has 0 aliphatic rings. The van der Waals surface area contributed by atoms with E-state index in [-0.39, 0.29) is 0 Å². The summed E-state index contributed by atoms with van der Waals surface area (Å²) in [5.74, 6) is 0.533. The molecular formula is C16H18BrNO4S. The number of nitrogens with zero attached hydrogens (tertiary/aromatic N) is 1. The fraction of sp³-hybridized carbons (Fsp3) is 0.312. The largest absolute Gasteiger partial charge is 0.456 e. The quantitative estimate of drug-likeness (QED) is 0.705. The first kappa shape index (κ1) is 17.7. The number of halogens is 1. The van der Waals surface area contributed by atoms with Crippen LogP contribution < -0.4 is 4.31 Å². The van der Waals surface area contributed by atoms with Gasteiger partial charge >= 0.3 is 0 Å². The highest BCUT2D eigenvalue weighted by Gasteiger charge is 2.21. The molecule has 1 heterocycles. The van der Waals surface area contributed by atoms with Crippen molar-refractivity contribution in [3.63, 3.8) is 0 Å². The van der Waals surface area contributed by atoms with Crippen molar-refractivity contribution in [1.29, 1.82) is 0 Å². The number of carbonyl (C=O) groups excluding carboxylic acids is 1. The third-order valence-electron chi connectivity index (χ3n) is 3.77. The van der Waals surface area contributed by atoms with E-state index < -0.39 is 10.0 Å². The molecule has 0 unspecified atom stereocenters. The molecule has 0 radical (unpaired) electrons. The van der Waals surface area contributed by atoms with Crippen molar-refractivity contribution in [3.8, 4) is 0 Å². The summed E-state index contributed by atoms with van der Waals surface area (Å²) in [5, 5.41) is 0.653. The molecule has 0 fully saturated rings. The molecule has 2 aromatic rings. The van der Waals surface area contributed by atoms with Gasteiger partial charge < -0.3 is 4.42 Å². The molecule has 5 nitrogen and oxygen atoms in total. The number of fused-ring (bicyclic) bond motifs is 1. The fourth-order valence-electron chi connectivity index (χ4n) is 2.40. The summed E-state index contributed by atoms with van der Waals surface area (Å²) in [6.45, 7) is 3.87. The molecule has 1 aromatic carbocycles. The lowest BCUT2D eigenvalue weighted by Gasteiger charge is -2.18. The van der Waals surface area contributed by atoms with Crippen LogP contribution in [0.15, 0.2) is 27.1 Å². The van der Waals surface area contributed by atoms with E-state index in [1.807, 2.05) is 19.9 Å². The summed E-state index contributed by atoms with van der Waals surface area (Å²) in [5.41, 5.74) is 2.33. The van der Waals surface area contributed by atoms with Gasteiger partial charge in [-0.05, 0) is 40.9 Å². The highest BCUT2D eigenvalue weighted by Crippen LogP contribution is 2.37. The number of sulfonamides is 1. The molecule has 0 aliphatic carbocycles. The van der Waals surface area contributed by atoms with E-state index in [9.17, 15) is 13.2 Å². The number of anilines is 1. The highest BCUT2D eigenvalue weighted by atomic mass is 79.9. The van der Waals surface area contributed by atoms with Gasteiger partial charge in [-0.15, -0.1) is 0 Å². The lowest BCUT2D eigenvalue weighted by Crippen LogP contribution is -2.25. The van der Waals surface area contributed by atoms with Crippen molar-refractivity contribution in [2.45, 2.75) is 20.3 Å². The fourth-order valence-corrected chi connectivity index (χ4v) is 3.63. The van der Waals surface area contributed by atoms with Gasteiger partial charge in [0, 0.05) is 23.0 Å². The van der Waals surface area contributed by atoms with Gasteiger partial charge in [-0.2, -0.15) is 0 Å². The SMILES string of the molecule is C/C=C(\CC)c1oc2cc(N(C)S(C)(=O)=O)c(Br)cc2c1C=O. The average Bonchev–Trinajstić information content (AvgIpc) is 2.83. The number of hydrogen-bond donors (Lipinski definition) is 0. The number of furan rings is 1. The van der Waals surface area contributed by atoms with E-state index >= 15 is 0 Å². The maximum absolute atomic E-state index is 11.8. The highest BCUT2D eigenvalue weighted by molar-refractivity contribution is 9.10. The number of rotatable bonds is 5. The first-order chi connectivity index (χ1) is 10.7. The summed E-state index contributed by atoms with van der Waals surface area (Å²) < 4.78 is 31.1. The van der Waals surface area contributed by atoms with Crippen molar-refractivity contribution < 1.29 is 17.6 Å². The maximum Gasteiger partial charge on any atom is 0.232 e. The Bertz CT molecular complexity index is 896. The number of carbonyl (C=O) groups is 1. The maximum atomic E-state index is 11.8. The van der Waals surface area contributed by atoms with Crippen molar-refractivity contribution in [2.75, 3.05) is 17.6 Å². The van der Waals surface area contributed by atoms with E-state index in [4.69, 9.17) is 4.42 Å². The van der Waals surface area contributed by atoms with Crippen LogP contribution in [-0.4, -0.2) is 28.0 Å². The minimum atomic E-state index is -3.40. The standard InChI is InChI=1S/C16H18BrNO4S/c1-5-10(6-2)16-12(9-19)11-7-13(17)14(8-15(11)22-16)18(3)23(4,20)21/h5,7-9H,6H2,1-4H3/b10-5+. The number of hydrogen-bond acceptors (Lipinski definition) is 4. The van der Waals surface area contributed by atoms with Crippen LogP contribution in [0.1, 0.15) is 36.4 Å². The van der Waals surface area contributed by atoms with Crippen molar-refractivity contribution in [2.24, 2.45) is 0 Å². The van der Waals surface area contributed by atoms with Gasteiger partial charge in [0.2, 0.25) is 10.0 Å². The van der Waals surface area contributed by atoms with Crippen LogP contribution in [0.3, 0.4) is 0 Å². The Morgan fingerprint density at radius 1 is 1.39 bits per heavy atom. The van der Waals surface area contributed by atoms with Crippen LogP contribution in [0, 0.1) is 0 Å². The van der Waals surface area contributed by atoms with E-state index in [0.29, 0.717) is 32.5 Å². The van der Waals surface area contributed by atoms with Gasteiger partial charge in [0.15, 0.2) is 6.29 Å². The molecule has 0 N–H and O–H groups in total. The first-order valence-electron chi connectivity index (χ1n) is 7.05. The molecular weight excluding hydrogens is 382 g/mol. The monoisotopic (exact) mass is 399 g/mol. The molecule has 0 aliphatic heterocycles. The molecule has 2 rings (SSSR count). The Labute approximate surface area is 144 Å². The zero-order chi connectivity index (χ0) is 17.4. The second-order valence-corrected chi connectivity index (χ2v) is 8.03. The molecule has 0 saturated heterocycles. The number of aldehydes is 1. The molecule has 7 heteroatoms. The first-order valence-corrected chi connectivity index (χ1v) is 9.69. The Balaban J connectivity index is 2.77. The molecule has 0 saturated carbocycles. The lowest BCUT2D eigenvalue weighted by atomic mass is 10.0. The second-order valence-electron chi connectivity index (χ2n) is 5.16. The Hall–Kier alpha value is -1.60. The summed E-state index contributed by atoms with van der Waals surface area (Å²) in [6.07, 6.45) is 4.54. The molecule has 124 valence electrons. The molecule has 0 bridgehead atoms. The van der Waals surface area contributed by atoms with E-state index in [1.54, 1.807) is 12.1 Å². The average molecular weight is 400 g/mol. The summed E-state index contributed by atoms with van der Waals surface area (Å²) in [4.78, 5) is 11.5. The van der Waals surface area contributed by atoms with E-state index in [0.717, 1.165) is 28.8 Å². The molecule has 0 spiro atoms. The van der Waals surface area contributed by atoms with E-state index in [2.05, 4.69) is 15.9 Å². The predicted octanol–water partition coefficient (Wildman–Crippen LogP) is 4.22. The molecule has 0 atom stereocenters. The van der Waals surface area contributed by atoms with Crippen molar-refractivity contribution >= 4 is 54.5 Å². The van der Waals surface area contributed by atoms with Crippen LogP contribution in [0.2, 0.25) is 0 Å². The van der Waals surface area contributed by atoms with Crippen LogP contribution in [0.5, 0.6) is 0 Å². The molecule has 23 heavy (non-hydrogen) atoms. The van der Waals surface area contributed by atoms with E-state index in [1.165, 1.54) is 7.05 Å². The zero-order valence-electron chi connectivity index (χ0n) is 13.4. The van der Waals surface area contributed by atoms with Gasteiger partial charge in [0.1, 0.15) is 11.3 Å². The van der Waals surface area contributed by atoms with Crippen LogP contribution in [0.25, 0.3) is 16.5 Å². The van der Waals surface area contributed by atoms with Crippen LogP contribution in [-0.2, 0) is 10.0 Å². The Morgan fingerprint density at radius 3 is 2.52 bits per heavy atom. The number of allylic oxidation sites excluding steroid dienone is 2. The topological polar surface area (TPSA) is 67.6 Å². The Morgan fingerprint density at radius 2 is 2.04 bits per heavy atom. The van der Waals surface area contributed by atoms with Crippen LogP contribution in [0.4, 0.5) is 5.69 Å². The van der Waals surface area contributed by atoms with Gasteiger partial charge in [-0.25, -0.2) is 8.42 Å². The van der Waals surface area contributed by atoms with Crippen molar-refractivity contribution in [1.82, 2.24) is 0 Å². The minimum absolute atomic E-state index is 0.455. The molecule has 0 amide bonds. The predicted molar refractivity (Wildman–Crippen MR) is 96.5 cm³/mol. The van der Waals surface area contributed by atoms with Crippen LogP contribution >= 0.6 is 15.9 Å². The molecule has 1 aromatic heterocycles. The Kier molecular flexibility index (Phi) is 5.01. The van der Waals surface area contributed by atoms with Gasteiger partial charge in [-0.3, -0.25) is 9.10 Å². The smallest absolute Gasteiger partial charge is 0.232 e. The zero-order valence-corrected chi connectivity index (χ0v) is 15.8. The number of benzene rings is 1. The summed E-state index contributed by atoms with van der Waals surface area (Å²) in [6, 6.07) is 3.34. The third-order valence-corrected chi connectivity index (χ3v) is 5.60. The second kappa shape index (κ2) is 6.49. The minimum Gasteiger partial charge on any atom is -0.456 e. The van der Waals surface area contributed by atoms with Gasteiger partial charge in [-0.1, -0.05) is 13.0 Å². The van der Waals surface area contributed by atoms with Gasteiger partial charge in [0.25, 0.3) is 0 Å². The van der Waals surface area contributed by atoms with Gasteiger partial charge in [0.05, 0.1) is 17.5 Å². The third kappa shape index (κ3) is 3.21. The summed E-state index contributed by atoms with van der Waals surface area (Å²) in [7, 11) is -1.93.